The van der Waals surface area contributed by atoms with Crippen molar-refractivity contribution in [2.24, 2.45) is 5.16 Å². The van der Waals surface area contributed by atoms with Crippen LogP contribution in [-0.2, 0) is 11.2 Å². The molecule has 2 aromatic carbocycles. The van der Waals surface area contributed by atoms with Crippen molar-refractivity contribution in [3.8, 4) is 11.5 Å². The molecule has 3 N–H and O–H groups in total. The Morgan fingerprint density at radius 3 is 2.50 bits per heavy atom. The molecule has 3 rings (SSSR count). The van der Waals surface area contributed by atoms with E-state index < -0.39 is 17.5 Å². The van der Waals surface area contributed by atoms with Crippen LogP contribution in [-0.4, -0.2) is 33.7 Å². The average molecular weight is 404 g/mol. The average Bonchev–Trinajstić information content (AvgIpc) is 3.04. The van der Waals surface area contributed by atoms with Gasteiger partial charge in [0.05, 0.1) is 22.7 Å². The minimum atomic E-state index is -0.694. The number of rotatable bonds is 5. The van der Waals surface area contributed by atoms with Crippen LogP contribution in [0.3, 0.4) is 0 Å². The highest BCUT2D eigenvalue weighted by molar-refractivity contribution is 6.35. The number of hydrogen-bond donors (Lipinski definition) is 3. The highest BCUT2D eigenvalue weighted by atomic mass is 35.5. The number of furan rings is 1. The van der Waals surface area contributed by atoms with Gasteiger partial charge in [-0.05, 0) is 19.4 Å². The lowest BCUT2D eigenvalue weighted by Gasteiger charge is -2.11. The van der Waals surface area contributed by atoms with Gasteiger partial charge in [0.2, 0.25) is 0 Å². The van der Waals surface area contributed by atoms with Crippen molar-refractivity contribution in [3.05, 3.63) is 57.8 Å². The van der Waals surface area contributed by atoms with Gasteiger partial charge in [0, 0.05) is 12.0 Å². The number of aromatic hydroxyl groups is 2. The van der Waals surface area contributed by atoms with Gasteiger partial charge in [-0.15, -0.1) is 0 Å². The molecule has 1 aromatic heterocycles. The van der Waals surface area contributed by atoms with Crippen molar-refractivity contribution >= 4 is 34.3 Å². The van der Waals surface area contributed by atoms with Gasteiger partial charge in [-0.25, -0.2) is 4.79 Å². The molecule has 3 aromatic rings. The fraction of sp³-hybridized carbons (Fsp3) is 0.200. The Labute approximate surface area is 165 Å². The molecule has 146 valence electrons. The molecule has 0 aliphatic rings. The van der Waals surface area contributed by atoms with Crippen LogP contribution in [0.4, 0.5) is 0 Å². The summed E-state index contributed by atoms with van der Waals surface area (Å²) in [7, 11) is 0. The van der Waals surface area contributed by atoms with Crippen LogP contribution in [0.5, 0.6) is 11.5 Å². The Kier molecular flexibility index (Phi) is 5.46. The molecule has 0 saturated heterocycles. The van der Waals surface area contributed by atoms with Gasteiger partial charge in [-0.2, -0.15) is 0 Å². The van der Waals surface area contributed by atoms with E-state index in [-0.39, 0.29) is 51.6 Å². The Balaban J connectivity index is 2.23. The van der Waals surface area contributed by atoms with Gasteiger partial charge in [-0.3, -0.25) is 0 Å². The quantitative estimate of drug-likeness (QED) is 0.191. The fourth-order valence-electron chi connectivity index (χ4n) is 3.05. The second-order valence-corrected chi connectivity index (χ2v) is 6.42. The van der Waals surface area contributed by atoms with E-state index >= 15 is 0 Å². The maximum atomic E-state index is 12.3. The number of halogens is 1. The van der Waals surface area contributed by atoms with Gasteiger partial charge in [-0.1, -0.05) is 47.1 Å². The smallest absolute Gasteiger partial charge is 0.342 e. The third-order valence-corrected chi connectivity index (χ3v) is 4.75. The Morgan fingerprint density at radius 1 is 1.21 bits per heavy atom. The summed E-state index contributed by atoms with van der Waals surface area (Å²) in [6.07, 6.45) is -0.0150. The molecule has 8 heteroatoms. The van der Waals surface area contributed by atoms with Crippen molar-refractivity contribution in [3.63, 3.8) is 0 Å². The summed E-state index contributed by atoms with van der Waals surface area (Å²) < 4.78 is 10.7. The third kappa shape index (κ3) is 3.25. The van der Waals surface area contributed by atoms with E-state index in [0.29, 0.717) is 5.56 Å². The fourth-order valence-corrected chi connectivity index (χ4v) is 3.29. The first-order chi connectivity index (χ1) is 13.4. The molecule has 1 heterocycles. The zero-order chi connectivity index (χ0) is 20.4. The third-order valence-electron chi connectivity index (χ3n) is 4.34. The SMILES string of the molecule is CCOC(=O)c1c(C)oc2c(C/C(=N/O)c3ccccc3)c(Cl)c(O)c(O)c12. The summed E-state index contributed by atoms with van der Waals surface area (Å²) in [5.41, 5.74) is 1.28. The van der Waals surface area contributed by atoms with E-state index in [4.69, 9.17) is 20.8 Å². The van der Waals surface area contributed by atoms with Crippen molar-refractivity contribution in [2.75, 3.05) is 6.61 Å². The highest BCUT2D eigenvalue weighted by Gasteiger charge is 2.29. The van der Waals surface area contributed by atoms with Crippen LogP contribution in [0.2, 0.25) is 5.02 Å². The lowest BCUT2D eigenvalue weighted by molar-refractivity contribution is 0.0526. The van der Waals surface area contributed by atoms with E-state index in [1.54, 1.807) is 38.1 Å². The number of nitrogens with zero attached hydrogens (tertiary/aromatic N) is 1. The number of aryl methyl sites for hydroxylation is 1. The van der Waals surface area contributed by atoms with Crippen LogP contribution in [0, 0.1) is 6.92 Å². The van der Waals surface area contributed by atoms with Gasteiger partial charge >= 0.3 is 5.97 Å². The monoisotopic (exact) mass is 403 g/mol. The van der Waals surface area contributed by atoms with E-state index in [9.17, 15) is 20.2 Å². The number of benzene rings is 2. The predicted molar refractivity (Wildman–Crippen MR) is 104 cm³/mol. The number of carbonyl (C=O) groups excluding carboxylic acids is 1. The van der Waals surface area contributed by atoms with Gasteiger partial charge < -0.3 is 24.6 Å². The van der Waals surface area contributed by atoms with E-state index in [1.165, 1.54) is 0 Å². The predicted octanol–water partition coefficient (Wildman–Crippen LogP) is 4.40. The minimum absolute atomic E-state index is 0.00167. The van der Waals surface area contributed by atoms with Crippen LogP contribution < -0.4 is 0 Å². The zero-order valence-electron chi connectivity index (χ0n) is 15.2. The molecule has 0 aliphatic heterocycles. The first-order valence-corrected chi connectivity index (χ1v) is 8.87. The summed E-state index contributed by atoms with van der Waals surface area (Å²) >= 11 is 6.25. The molecular formula is C20H18ClNO6. The molecule has 0 bridgehead atoms. The van der Waals surface area contributed by atoms with Gasteiger partial charge in [0.25, 0.3) is 0 Å². The lowest BCUT2D eigenvalue weighted by Crippen LogP contribution is -2.07. The second-order valence-electron chi connectivity index (χ2n) is 6.04. The number of fused-ring (bicyclic) bond motifs is 1. The number of oxime groups is 1. The van der Waals surface area contributed by atoms with Gasteiger partial charge in [0.1, 0.15) is 16.9 Å². The van der Waals surface area contributed by atoms with Crippen molar-refractivity contribution in [1.82, 2.24) is 0 Å². The second kappa shape index (κ2) is 7.82. The Morgan fingerprint density at radius 2 is 1.89 bits per heavy atom. The summed E-state index contributed by atoms with van der Waals surface area (Å²) in [6.45, 7) is 3.32. The molecule has 0 aliphatic carbocycles. The first kappa shape index (κ1) is 19.6. The van der Waals surface area contributed by atoms with Crippen LogP contribution in [0.1, 0.15) is 34.2 Å². The number of phenolic OH excluding ortho intramolecular Hbond substituents is 2. The molecule has 28 heavy (non-hydrogen) atoms. The van der Waals surface area contributed by atoms with Crippen LogP contribution in [0.15, 0.2) is 39.9 Å². The van der Waals surface area contributed by atoms with E-state index in [0.717, 1.165) is 0 Å². The summed E-state index contributed by atoms with van der Waals surface area (Å²) in [6, 6.07) is 8.87. The summed E-state index contributed by atoms with van der Waals surface area (Å²) in [4.78, 5) is 12.3. The number of esters is 1. The Bertz CT molecular complexity index is 1070. The van der Waals surface area contributed by atoms with Crippen LogP contribution in [0.25, 0.3) is 11.0 Å². The standard InChI is InChI=1S/C20H18ClNO6/c1-3-27-20(25)14-10(2)28-19-12(16(21)18(24)17(23)15(14)19)9-13(22-26)11-7-5-4-6-8-11/h4-8,23-24,26H,3,9H2,1-2H3/b22-13-. The van der Waals surface area contributed by atoms with E-state index in [2.05, 4.69) is 5.16 Å². The van der Waals surface area contributed by atoms with Crippen molar-refractivity contribution in [2.45, 2.75) is 20.3 Å². The van der Waals surface area contributed by atoms with Crippen LogP contribution >= 0.6 is 11.6 Å². The van der Waals surface area contributed by atoms with Crippen molar-refractivity contribution in [1.29, 1.82) is 0 Å². The van der Waals surface area contributed by atoms with E-state index in [1.807, 2.05) is 6.07 Å². The van der Waals surface area contributed by atoms with Crippen molar-refractivity contribution < 1.29 is 29.4 Å². The zero-order valence-corrected chi connectivity index (χ0v) is 15.9. The first-order valence-electron chi connectivity index (χ1n) is 8.49. The molecular weight excluding hydrogens is 386 g/mol. The molecule has 0 atom stereocenters. The molecule has 0 amide bonds. The molecule has 0 saturated carbocycles. The normalized spacial score (nSPS) is 11.8. The molecule has 0 radical (unpaired) electrons. The van der Waals surface area contributed by atoms with Gasteiger partial charge in [0.15, 0.2) is 11.5 Å². The molecule has 7 nitrogen and oxygen atoms in total. The topological polar surface area (TPSA) is 112 Å². The molecule has 0 fully saturated rings. The number of hydrogen-bond acceptors (Lipinski definition) is 7. The number of ether oxygens (including phenoxy) is 1. The number of phenols is 2. The lowest BCUT2D eigenvalue weighted by atomic mass is 9.98. The summed E-state index contributed by atoms with van der Waals surface area (Å²) in [5.74, 6) is -1.67. The summed E-state index contributed by atoms with van der Waals surface area (Å²) in [5, 5.41) is 33.3. The largest absolute Gasteiger partial charge is 0.504 e. The Hall–Kier alpha value is -3.19. The minimum Gasteiger partial charge on any atom is -0.504 e. The molecule has 0 unspecified atom stereocenters. The number of carbonyl (C=O) groups is 1. The maximum absolute atomic E-state index is 12.3. The highest BCUT2D eigenvalue weighted by Crippen LogP contribution is 2.47. The maximum Gasteiger partial charge on any atom is 0.342 e. The molecule has 0 spiro atoms.